The number of halogens is 1. The number of carbonyl (C=O) groups is 2. The summed E-state index contributed by atoms with van der Waals surface area (Å²) < 4.78 is 42.3. The zero-order chi connectivity index (χ0) is 20.2. The molecule has 0 aromatic heterocycles. The van der Waals surface area contributed by atoms with Crippen LogP contribution in [0.2, 0.25) is 0 Å². The molecule has 2 aromatic carbocycles. The van der Waals surface area contributed by atoms with Crippen LogP contribution in [0.5, 0.6) is 5.75 Å². The number of para-hydroxylation sites is 1. The van der Waals surface area contributed by atoms with Crippen LogP contribution in [0.25, 0.3) is 0 Å². The lowest BCUT2D eigenvalue weighted by Crippen LogP contribution is -2.41. The number of benzene rings is 2. The SMILES string of the molecule is COc1ccc(C(=O)NC(C)C(=O)Nc2ccccc2F)cc1S(C)(=O)=O. The van der Waals surface area contributed by atoms with Crippen molar-refractivity contribution in [1.82, 2.24) is 5.32 Å². The van der Waals surface area contributed by atoms with Crippen molar-refractivity contribution in [3.8, 4) is 5.75 Å². The number of hydrogen-bond donors (Lipinski definition) is 2. The first-order valence-electron chi connectivity index (χ1n) is 7.88. The number of amides is 2. The van der Waals surface area contributed by atoms with E-state index in [1.165, 1.54) is 50.4 Å². The topological polar surface area (TPSA) is 102 Å². The monoisotopic (exact) mass is 394 g/mol. The maximum Gasteiger partial charge on any atom is 0.251 e. The molecule has 1 unspecified atom stereocenters. The lowest BCUT2D eigenvalue weighted by Gasteiger charge is -2.15. The minimum atomic E-state index is -3.62. The van der Waals surface area contributed by atoms with Gasteiger partial charge in [0, 0.05) is 11.8 Å². The number of ether oxygens (including phenoxy) is 1. The minimum absolute atomic E-state index is 0.00703. The molecule has 7 nitrogen and oxygen atoms in total. The van der Waals surface area contributed by atoms with Gasteiger partial charge in [-0.05, 0) is 37.3 Å². The normalized spacial score (nSPS) is 12.1. The van der Waals surface area contributed by atoms with Gasteiger partial charge in [0.1, 0.15) is 22.5 Å². The van der Waals surface area contributed by atoms with Crippen molar-refractivity contribution in [3.05, 3.63) is 53.8 Å². The van der Waals surface area contributed by atoms with Crippen LogP contribution in [-0.2, 0) is 14.6 Å². The van der Waals surface area contributed by atoms with Gasteiger partial charge in [-0.1, -0.05) is 12.1 Å². The van der Waals surface area contributed by atoms with Crippen LogP contribution in [0.15, 0.2) is 47.4 Å². The first-order valence-corrected chi connectivity index (χ1v) is 9.77. The molecule has 27 heavy (non-hydrogen) atoms. The summed E-state index contributed by atoms with van der Waals surface area (Å²) in [7, 11) is -2.30. The van der Waals surface area contributed by atoms with Gasteiger partial charge in [-0.2, -0.15) is 0 Å². The van der Waals surface area contributed by atoms with Gasteiger partial charge < -0.3 is 15.4 Å². The Hall–Kier alpha value is -2.94. The summed E-state index contributed by atoms with van der Waals surface area (Å²) >= 11 is 0. The molecule has 0 aliphatic heterocycles. The second kappa shape index (κ2) is 8.17. The zero-order valence-corrected chi connectivity index (χ0v) is 15.8. The first kappa shape index (κ1) is 20.4. The molecule has 0 saturated carbocycles. The Balaban J connectivity index is 2.14. The number of methoxy groups -OCH3 is 1. The van der Waals surface area contributed by atoms with Gasteiger partial charge in [0.25, 0.3) is 5.91 Å². The Morgan fingerprint density at radius 3 is 2.41 bits per heavy atom. The molecule has 0 spiro atoms. The molecule has 1 atom stereocenters. The Bertz CT molecular complexity index is 975. The summed E-state index contributed by atoms with van der Waals surface area (Å²) in [5, 5.41) is 4.82. The van der Waals surface area contributed by atoms with Crippen LogP contribution in [0, 0.1) is 5.82 Å². The maximum absolute atomic E-state index is 13.6. The van der Waals surface area contributed by atoms with E-state index in [4.69, 9.17) is 4.74 Å². The Morgan fingerprint density at radius 2 is 1.81 bits per heavy atom. The number of nitrogens with one attached hydrogen (secondary N) is 2. The standard InChI is InChI=1S/C18H19FN2O5S/c1-11(17(22)21-14-7-5-4-6-13(14)19)20-18(23)12-8-9-15(26-2)16(10-12)27(3,24)25/h4-11H,1-3H3,(H,20,23)(H,21,22). The quantitative estimate of drug-likeness (QED) is 0.780. The largest absolute Gasteiger partial charge is 0.495 e. The van der Waals surface area contributed by atoms with Gasteiger partial charge in [-0.15, -0.1) is 0 Å². The van der Waals surface area contributed by atoms with E-state index in [9.17, 15) is 22.4 Å². The molecular weight excluding hydrogens is 375 g/mol. The molecule has 0 aliphatic rings. The van der Waals surface area contributed by atoms with Gasteiger partial charge in [-0.3, -0.25) is 9.59 Å². The fraction of sp³-hybridized carbons (Fsp3) is 0.222. The van der Waals surface area contributed by atoms with Crippen LogP contribution in [0.4, 0.5) is 10.1 Å². The lowest BCUT2D eigenvalue weighted by molar-refractivity contribution is -0.117. The molecule has 0 saturated heterocycles. The summed E-state index contributed by atoms with van der Waals surface area (Å²) in [6.45, 7) is 1.43. The number of anilines is 1. The van der Waals surface area contributed by atoms with Crippen LogP contribution in [-0.4, -0.2) is 39.6 Å². The molecule has 0 fully saturated rings. The third kappa shape index (κ3) is 5.04. The van der Waals surface area contributed by atoms with Gasteiger partial charge in [0.15, 0.2) is 9.84 Å². The van der Waals surface area contributed by atoms with E-state index in [2.05, 4.69) is 10.6 Å². The number of rotatable bonds is 6. The fourth-order valence-corrected chi connectivity index (χ4v) is 3.11. The highest BCUT2D eigenvalue weighted by molar-refractivity contribution is 7.90. The van der Waals surface area contributed by atoms with E-state index in [0.717, 1.165) is 6.26 Å². The molecule has 144 valence electrons. The molecule has 0 bridgehead atoms. The van der Waals surface area contributed by atoms with Crippen molar-refractivity contribution in [1.29, 1.82) is 0 Å². The van der Waals surface area contributed by atoms with Crippen LogP contribution in [0.3, 0.4) is 0 Å². The summed E-state index contributed by atoms with van der Waals surface area (Å²) in [6.07, 6.45) is 0.997. The Morgan fingerprint density at radius 1 is 1.15 bits per heavy atom. The number of sulfone groups is 1. The van der Waals surface area contributed by atoms with Crippen molar-refractivity contribution in [2.45, 2.75) is 17.9 Å². The summed E-state index contributed by atoms with van der Waals surface area (Å²) in [5.74, 6) is -1.76. The van der Waals surface area contributed by atoms with Gasteiger partial charge >= 0.3 is 0 Å². The van der Waals surface area contributed by atoms with Gasteiger partial charge in [-0.25, -0.2) is 12.8 Å². The van der Waals surface area contributed by atoms with E-state index < -0.39 is 33.5 Å². The molecule has 2 amide bonds. The molecule has 0 heterocycles. The van der Waals surface area contributed by atoms with E-state index >= 15 is 0 Å². The van der Waals surface area contributed by atoms with Crippen molar-refractivity contribution >= 4 is 27.3 Å². The number of hydrogen-bond acceptors (Lipinski definition) is 5. The van der Waals surface area contributed by atoms with E-state index in [1.807, 2.05) is 0 Å². The average molecular weight is 394 g/mol. The molecule has 2 N–H and O–H groups in total. The molecule has 0 radical (unpaired) electrons. The minimum Gasteiger partial charge on any atom is -0.495 e. The van der Waals surface area contributed by atoms with Crippen molar-refractivity contribution < 1.29 is 27.1 Å². The molecule has 2 aromatic rings. The molecular formula is C18H19FN2O5S. The second-order valence-corrected chi connectivity index (χ2v) is 7.79. The highest BCUT2D eigenvalue weighted by Gasteiger charge is 2.21. The van der Waals surface area contributed by atoms with Gasteiger partial charge in [0.05, 0.1) is 12.8 Å². The van der Waals surface area contributed by atoms with Gasteiger partial charge in [0.2, 0.25) is 5.91 Å². The van der Waals surface area contributed by atoms with Crippen LogP contribution >= 0.6 is 0 Å². The predicted octanol–water partition coefficient (Wildman–Crippen LogP) is 1.99. The highest BCUT2D eigenvalue weighted by Crippen LogP contribution is 2.24. The second-order valence-electron chi connectivity index (χ2n) is 5.80. The third-order valence-electron chi connectivity index (χ3n) is 3.70. The molecule has 0 aliphatic carbocycles. The molecule has 9 heteroatoms. The van der Waals surface area contributed by atoms with Crippen molar-refractivity contribution in [3.63, 3.8) is 0 Å². The fourth-order valence-electron chi connectivity index (χ4n) is 2.26. The lowest BCUT2D eigenvalue weighted by atomic mass is 10.2. The third-order valence-corrected chi connectivity index (χ3v) is 4.82. The summed E-state index contributed by atoms with van der Waals surface area (Å²) in [4.78, 5) is 24.4. The van der Waals surface area contributed by atoms with Crippen LogP contribution in [0.1, 0.15) is 17.3 Å². The van der Waals surface area contributed by atoms with E-state index in [0.29, 0.717) is 0 Å². The highest BCUT2D eigenvalue weighted by atomic mass is 32.2. The predicted molar refractivity (Wildman–Crippen MR) is 98.1 cm³/mol. The van der Waals surface area contributed by atoms with E-state index in [1.54, 1.807) is 6.07 Å². The zero-order valence-electron chi connectivity index (χ0n) is 14.9. The van der Waals surface area contributed by atoms with Crippen molar-refractivity contribution in [2.75, 3.05) is 18.7 Å². The smallest absolute Gasteiger partial charge is 0.251 e. The van der Waals surface area contributed by atoms with Crippen LogP contribution < -0.4 is 15.4 Å². The summed E-state index contributed by atoms with van der Waals surface area (Å²) in [6, 6.07) is 8.56. The maximum atomic E-state index is 13.6. The number of carbonyl (C=O) groups excluding carboxylic acids is 2. The average Bonchev–Trinajstić information content (AvgIpc) is 2.62. The van der Waals surface area contributed by atoms with Crippen molar-refractivity contribution in [2.24, 2.45) is 0 Å². The first-order chi connectivity index (χ1) is 12.6. The Labute approximate surface area is 156 Å². The Kier molecular flexibility index (Phi) is 6.17. The van der Waals surface area contributed by atoms with E-state index in [-0.39, 0.29) is 21.9 Å². The summed E-state index contributed by atoms with van der Waals surface area (Å²) in [5.41, 5.74) is 0.0363. The molecule has 2 rings (SSSR count).